The third-order valence-electron chi connectivity index (χ3n) is 7.45. The fourth-order valence-corrected chi connectivity index (χ4v) is 6.79. The molecule has 0 aromatic heterocycles. The van der Waals surface area contributed by atoms with Crippen LogP contribution in [0.5, 0.6) is 0 Å². The number of carbonyl (C=O) groups is 8. The molecule has 0 spiro atoms. The van der Waals surface area contributed by atoms with E-state index < -0.39 is 95.6 Å². The molecule has 22 heteroatoms. The van der Waals surface area contributed by atoms with Crippen LogP contribution < -0.4 is 32.7 Å². The predicted octanol–water partition coefficient (Wildman–Crippen LogP) is -1.79. The van der Waals surface area contributed by atoms with E-state index in [1.165, 1.54) is 28.1 Å². The number of amides is 4. The largest absolute Gasteiger partial charge is 0.480 e. The van der Waals surface area contributed by atoms with Crippen molar-refractivity contribution < 1.29 is 68.3 Å². The van der Waals surface area contributed by atoms with E-state index in [9.17, 15) is 48.6 Å². The molecule has 8 atom stereocenters. The second-order valence-electron chi connectivity index (χ2n) is 12.0. The molecule has 0 aliphatic heterocycles. The molecule has 0 fully saturated rings. The summed E-state index contributed by atoms with van der Waals surface area (Å²) in [6.45, 7) is 3.07. The molecule has 52 heavy (non-hydrogen) atoms. The quantitative estimate of drug-likeness (QED) is 0.0296. The van der Waals surface area contributed by atoms with Gasteiger partial charge in [0.25, 0.3) is 0 Å². The first-order chi connectivity index (χ1) is 24.4. The van der Waals surface area contributed by atoms with Crippen molar-refractivity contribution in [1.82, 2.24) is 21.3 Å². The maximum atomic E-state index is 13.3. The van der Waals surface area contributed by atoms with Crippen molar-refractivity contribution in [1.29, 1.82) is 0 Å². The molecule has 20 nitrogen and oxygen atoms in total. The highest BCUT2D eigenvalue weighted by atomic mass is 33.1. The lowest BCUT2D eigenvalue weighted by Gasteiger charge is -2.25. The number of nitrogens with one attached hydrogen (secondary N) is 4. The SMILES string of the molecule is COCC(C)[C@H](NC(=O)[C@H](CSSC[C@H](NC(=O)CCC[C@H](N)C(=O)O)C(=O)N[C@H](C(=O)O)C(C)COC)NC(=O)CCC[C@H](N)C(=O)O)C(=O)O. The van der Waals surface area contributed by atoms with Gasteiger partial charge < -0.3 is 62.6 Å². The first kappa shape index (κ1) is 48.3. The highest BCUT2D eigenvalue weighted by molar-refractivity contribution is 8.76. The number of hydrogen-bond acceptors (Lipinski definition) is 14. The van der Waals surface area contributed by atoms with Gasteiger partial charge in [-0.25, -0.2) is 9.59 Å². The van der Waals surface area contributed by atoms with Crippen LogP contribution in [-0.2, 0) is 47.8 Å². The number of aliphatic carboxylic acids is 4. The van der Waals surface area contributed by atoms with E-state index in [0.717, 1.165) is 21.6 Å². The first-order valence-corrected chi connectivity index (χ1v) is 18.7. The van der Waals surface area contributed by atoms with Crippen LogP contribution in [0.1, 0.15) is 52.4 Å². The maximum Gasteiger partial charge on any atom is 0.326 e. The monoisotopic (exact) mass is 784 g/mol. The Kier molecular flexibility index (Phi) is 24.3. The molecule has 0 saturated carbocycles. The third-order valence-corrected chi connectivity index (χ3v) is 9.88. The van der Waals surface area contributed by atoms with Crippen LogP contribution in [0.4, 0.5) is 0 Å². The molecule has 0 aliphatic carbocycles. The smallest absolute Gasteiger partial charge is 0.326 e. The Balaban J connectivity index is 5.90. The molecule has 0 rings (SSSR count). The van der Waals surface area contributed by atoms with Crippen molar-refractivity contribution in [2.24, 2.45) is 23.3 Å². The highest BCUT2D eigenvalue weighted by Gasteiger charge is 2.32. The number of ether oxygens (including phenoxy) is 2. The normalized spacial score (nSPS) is 15.7. The lowest BCUT2D eigenvalue weighted by molar-refractivity contribution is -0.144. The van der Waals surface area contributed by atoms with Crippen LogP contribution in [0.2, 0.25) is 0 Å². The fourth-order valence-electron chi connectivity index (χ4n) is 4.46. The number of rotatable bonds is 29. The van der Waals surface area contributed by atoms with Gasteiger partial charge in [0.2, 0.25) is 23.6 Å². The lowest BCUT2D eigenvalue weighted by Crippen LogP contribution is -2.55. The van der Waals surface area contributed by atoms with Gasteiger partial charge in [-0.05, 0) is 25.7 Å². The molecule has 298 valence electrons. The molecule has 0 saturated heterocycles. The summed E-state index contributed by atoms with van der Waals surface area (Å²) in [6, 6.07) is -7.76. The Morgan fingerprint density at radius 2 is 0.904 bits per heavy atom. The molecular formula is C30H52N6O14S2. The van der Waals surface area contributed by atoms with Crippen LogP contribution in [0, 0.1) is 11.8 Å². The van der Waals surface area contributed by atoms with E-state index >= 15 is 0 Å². The summed E-state index contributed by atoms with van der Waals surface area (Å²) >= 11 is 0. The Morgan fingerprint density at radius 3 is 1.17 bits per heavy atom. The average molecular weight is 785 g/mol. The minimum absolute atomic E-state index is 0.00275. The summed E-state index contributed by atoms with van der Waals surface area (Å²) in [5, 5.41) is 47.1. The second-order valence-corrected chi connectivity index (χ2v) is 14.5. The van der Waals surface area contributed by atoms with Crippen LogP contribution >= 0.6 is 21.6 Å². The standard InChI is InChI=1S/C30H52N6O14S2/c1-15(11-49-3)23(29(45)46)35-25(39)19(33-21(37)9-5-7-17(31)27(41)42)13-51-52-14-20(34-22(38)10-6-8-18(32)28(43)44)26(40)36-24(30(47)48)16(2)12-50-4/h15-20,23-24H,5-14,31-32H2,1-4H3,(H,33,37)(H,34,38)(H,35,39)(H,36,40)(H,41,42)(H,43,44)(H,45,46)(H,47,48)/t15?,16?,17-,18-,19-,20-,23-,24-/m0/s1. The van der Waals surface area contributed by atoms with Gasteiger partial charge in [0.05, 0.1) is 13.2 Å². The van der Waals surface area contributed by atoms with E-state index in [4.69, 9.17) is 31.2 Å². The number of hydrogen-bond donors (Lipinski definition) is 10. The van der Waals surface area contributed by atoms with Gasteiger partial charge in [-0.15, -0.1) is 0 Å². The molecule has 0 radical (unpaired) electrons. The number of nitrogens with two attached hydrogens (primary N) is 2. The van der Waals surface area contributed by atoms with Crippen molar-refractivity contribution >= 4 is 69.1 Å². The van der Waals surface area contributed by atoms with Crippen LogP contribution in [0.25, 0.3) is 0 Å². The molecule has 0 aromatic rings. The zero-order valence-electron chi connectivity index (χ0n) is 29.5. The Bertz CT molecular complexity index is 1120. The van der Waals surface area contributed by atoms with Crippen molar-refractivity contribution in [2.45, 2.75) is 88.6 Å². The van der Waals surface area contributed by atoms with Crippen molar-refractivity contribution in [2.75, 3.05) is 38.9 Å². The summed E-state index contributed by atoms with van der Waals surface area (Å²) < 4.78 is 10.00. The molecule has 4 amide bonds. The van der Waals surface area contributed by atoms with Crippen LogP contribution in [-0.4, -0.2) is 143 Å². The highest BCUT2D eigenvalue weighted by Crippen LogP contribution is 2.24. The Hall–Kier alpha value is -3.70. The summed E-state index contributed by atoms with van der Waals surface area (Å²) in [4.78, 5) is 97.7. The van der Waals surface area contributed by atoms with E-state index in [1.807, 2.05) is 0 Å². The average Bonchev–Trinajstić information content (AvgIpc) is 3.06. The van der Waals surface area contributed by atoms with Gasteiger partial charge in [-0.1, -0.05) is 35.4 Å². The van der Waals surface area contributed by atoms with Crippen LogP contribution in [0.3, 0.4) is 0 Å². The first-order valence-electron chi connectivity index (χ1n) is 16.2. The van der Waals surface area contributed by atoms with Gasteiger partial charge >= 0.3 is 23.9 Å². The van der Waals surface area contributed by atoms with Gasteiger partial charge in [-0.2, -0.15) is 0 Å². The number of methoxy groups -OCH3 is 2. The minimum atomic E-state index is -1.38. The molecule has 0 aromatic carbocycles. The lowest BCUT2D eigenvalue weighted by atomic mass is 10.0. The van der Waals surface area contributed by atoms with E-state index in [0.29, 0.717) is 0 Å². The molecule has 0 heterocycles. The topological polar surface area (TPSA) is 336 Å². The molecule has 0 bridgehead atoms. The van der Waals surface area contributed by atoms with E-state index in [1.54, 1.807) is 0 Å². The molecule has 0 aliphatic rings. The molecule has 12 N–H and O–H groups in total. The predicted molar refractivity (Wildman–Crippen MR) is 189 cm³/mol. The second kappa shape index (κ2) is 26.1. The van der Waals surface area contributed by atoms with Gasteiger partial charge in [0, 0.05) is 50.4 Å². The minimum Gasteiger partial charge on any atom is -0.480 e. The number of carboxylic acid groups (broad SMARTS) is 4. The summed E-state index contributed by atoms with van der Waals surface area (Å²) in [6.07, 6.45) is -0.261. The van der Waals surface area contributed by atoms with E-state index in [-0.39, 0.29) is 63.2 Å². The zero-order chi connectivity index (χ0) is 40.0. The van der Waals surface area contributed by atoms with Gasteiger partial charge in [0.15, 0.2) is 0 Å². The van der Waals surface area contributed by atoms with Gasteiger partial charge in [-0.3, -0.25) is 28.8 Å². The maximum absolute atomic E-state index is 13.3. The van der Waals surface area contributed by atoms with E-state index in [2.05, 4.69) is 21.3 Å². The molecule has 2 unspecified atom stereocenters. The summed E-state index contributed by atoms with van der Waals surface area (Å²) in [5.41, 5.74) is 11.0. The fraction of sp³-hybridized carbons (Fsp3) is 0.733. The van der Waals surface area contributed by atoms with Crippen LogP contribution in [0.15, 0.2) is 0 Å². The Morgan fingerprint density at radius 1 is 0.577 bits per heavy atom. The molecular weight excluding hydrogens is 732 g/mol. The van der Waals surface area contributed by atoms with Crippen molar-refractivity contribution in [3.8, 4) is 0 Å². The number of carbonyl (C=O) groups excluding carboxylic acids is 4. The van der Waals surface area contributed by atoms with Gasteiger partial charge in [0.1, 0.15) is 36.3 Å². The summed E-state index contributed by atoms with van der Waals surface area (Å²) in [7, 11) is 4.67. The zero-order valence-corrected chi connectivity index (χ0v) is 31.2. The Labute approximate surface area is 309 Å². The van der Waals surface area contributed by atoms with Crippen molar-refractivity contribution in [3.63, 3.8) is 0 Å². The summed E-state index contributed by atoms with van der Waals surface area (Å²) in [5.74, 6) is -9.82. The number of carboxylic acids is 4. The van der Waals surface area contributed by atoms with Crippen molar-refractivity contribution in [3.05, 3.63) is 0 Å². The third kappa shape index (κ3) is 19.8.